The molecule has 0 saturated heterocycles. The second-order valence-electron chi connectivity index (χ2n) is 6.14. The van der Waals surface area contributed by atoms with Crippen LogP contribution in [0, 0.1) is 11.8 Å². The molecule has 2 atom stereocenters. The number of rotatable bonds is 14. The number of hydrogen-bond acceptors (Lipinski definition) is 2. The van der Waals surface area contributed by atoms with Crippen molar-refractivity contribution in [3.63, 3.8) is 0 Å². The van der Waals surface area contributed by atoms with Crippen molar-refractivity contribution in [1.29, 1.82) is 0 Å². The van der Waals surface area contributed by atoms with Crippen molar-refractivity contribution in [3.8, 4) is 0 Å². The van der Waals surface area contributed by atoms with Gasteiger partial charge in [0.25, 0.3) is 0 Å². The van der Waals surface area contributed by atoms with Crippen LogP contribution in [0.4, 0.5) is 0 Å². The van der Waals surface area contributed by atoms with Gasteiger partial charge < -0.3 is 0 Å². The third-order valence-corrected chi connectivity index (χ3v) is 6.29. The zero-order valence-electron chi connectivity index (χ0n) is 15.4. The number of unbranched alkanes of at least 4 members (excludes halogenated alkanes) is 4. The molecule has 0 aromatic carbocycles. The third kappa shape index (κ3) is 11.1. The van der Waals surface area contributed by atoms with Crippen LogP contribution in [-0.4, -0.2) is 45.6 Å². The second kappa shape index (κ2) is 15.4. The van der Waals surface area contributed by atoms with Gasteiger partial charge in [-0.1, -0.05) is 0 Å². The normalized spacial score (nSPS) is 13.4. The molecule has 0 saturated carbocycles. The van der Waals surface area contributed by atoms with Gasteiger partial charge in [0.05, 0.1) is 0 Å². The molecule has 5 heteroatoms. The molecule has 0 bridgehead atoms. The summed E-state index contributed by atoms with van der Waals surface area (Å²) in [6.07, 6.45) is 10.6. The molecule has 2 N–H and O–H groups in total. The Kier molecular flexibility index (Phi) is 15.2. The average Bonchev–Trinajstić information content (AvgIpc) is 2.55. The van der Waals surface area contributed by atoms with Gasteiger partial charge >= 0.3 is 155 Å². The minimum absolute atomic E-state index is 0.0996. The summed E-state index contributed by atoms with van der Waals surface area (Å²) < 4.78 is 10.9. The molecule has 0 heterocycles. The predicted octanol–water partition coefficient (Wildman–Crippen LogP) is 4.77. The maximum atomic E-state index is 10.1. The van der Waals surface area contributed by atoms with E-state index < -0.39 is 24.1 Å². The summed E-state index contributed by atoms with van der Waals surface area (Å²) in [6, 6.07) is 0. The first-order valence-electron chi connectivity index (χ1n) is 9.26. The molecule has 23 heavy (non-hydrogen) atoms. The Morgan fingerprint density at radius 1 is 0.739 bits per heavy atom. The minimum atomic E-state index is -1.81. The van der Waals surface area contributed by atoms with Crippen LogP contribution in [0.1, 0.15) is 91.9 Å². The van der Waals surface area contributed by atoms with Crippen LogP contribution in [-0.2, 0) is 5.63 Å². The molecule has 1 radical (unpaired) electrons. The van der Waals surface area contributed by atoms with Crippen molar-refractivity contribution < 1.29 is 15.2 Å². The van der Waals surface area contributed by atoms with E-state index in [1.165, 1.54) is 25.7 Å². The second-order valence-corrected chi connectivity index (χ2v) is 8.13. The summed E-state index contributed by atoms with van der Waals surface area (Å²) in [6.45, 7) is 8.47. The van der Waals surface area contributed by atoms with E-state index in [4.69, 9.17) is 5.63 Å². The Labute approximate surface area is 154 Å². The molecular formula is C18H36BiO4+2. The van der Waals surface area contributed by atoms with Crippen LogP contribution in [0.25, 0.3) is 0 Å². The van der Waals surface area contributed by atoms with Crippen molar-refractivity contribution in [2.24, 2.45) is 11.8 Å². The summed E-state index contributed by atoms with van der Waals surface area (Å²) in [4.78, 5) is 20.1. The van der Waals surface area contributed by atoms with Crippen molar-refractivity contribution in [1.82, 2.24) is 0 Å². The molecule has 0 fully saturated rings. The van der Waals surface area contributed by atoms with Crippen LogP contribution in [0.2, 0.25) is 0 Å². The molecule has 0 aromatic heterocycles. The first kappa shape index (κ1) is 22.8. The number of carbonyl (C=O) groups excluding carboxylic acids is 2. The van der Waals surface area contributed by atoms with Crippen LogP contribution < -0.4 is 0 Å². The molecule has 135 valence electrons. The van der Waals surface area contributed by atoms with Crippen molar-refractivity contribution >= 4 is 36.1 Å². The van der Waals surface area contributed by atoms with Gasteiger partial charge in [0, 0.05) is 0 Å². The van der Waals surface area contributed by atoms with E-state index in [1.54, 1.807) is 0 Å². The Bertz CT molecular complexity index is 290. The Balaban J connectivity index is 4.04. The van der Waals surface area contributed by atoms with Crippen molar-refractivity contribution in [2.75, 3.05) is 0 Å². The first-order chi connectivity index (χ1) is 11.1. The summed E-state index contributed by atoms with van der Waals surface area (Å²) in [5.74, 6) is 0.435. The van der Waals surface area contributed by atoms with E-state index in [9.17, 15) is 9.59 Å². The Morgan fingerprint density at radius 3 is 1.43 bits per heavy atom. The monoisotopic (exact) mass is 525 g/mol. The van der Waals surface area contributed by atoms with Gasteiger partial charge in [-0.15, -0.1) is 0 Å². The van der Waals surface area contributed by atoms with Gasteiger partial charge in [-0.25, -0.2) is 0 Å². The van der Waals surface area contributed by atoms with Crippen LogP contribution in [0.5, 0.6) is 0 Å². The fourth-order valence-electron chi connectivity index (χ4n) is 2.53. The van der Waals surface area contributed by atoms with Gasteiger partial charge in [0.1, 0.15) is 0 Å². The zero-order valence-corrected chi connectivity index (χ0v) is 18.9. The molecule has 0 amide bonds. The van der Waals surface area contributed by atoms with E-state index >= 15 is 0 Å². The van der Waals surface area contributed by atoms with E-state index in [2.05, 4.69) is 27.7 Å². The Morgan fingerprint density at radius 2 is 1.13 bits per heavy atom. The molecule has 4 nitrogen and oxygen atoms in total. The fourth-order valence-corrected chi connectivity index (χ4v) is 4.43. The molecule has 0 aliphatic rings. The van der Waals surface area contributed by atoms with E-state index in [-0.39, 0.29) is 23.8 Å². The molecule has 0 aromatic rings. The summed E-state index contributed by atoms with van der Waals surface area (Å²) >= 11 is -1.81. The van der Waals surface area contributed by atoms with Gasteiger partial charge in [0.2, 0.25) is 0 Å². The summed E-state index contributed by atoms with van der Waals surface area (Å²) in [7, 11) is 0. The maximum absolute atomic E-state index is 10.1. The van der Waals surface area contributed by atoms with Crippen LogP contribution >= 0.6 is 0 Å². The van der Waals surface area contributed by atoms with Crippen LogP contribution in [0.15, 0.2) is 0 Å². The molecular weight excluding hydrogens is 489 g/mol. The molecule has 2 unspecified atom stereocenters. The quantitative estimate of drug-likeness (QED) is 0.186. The third-order valence-electron chi connectivity index (χ3n) is 4.26. The van der Waals surface area contributed by atoms with Crippen molar-refractivity contribution in [2.45, 2.75) is 91.9 Å². The van der Waals surface area contributed by atoms with Gasteiger partial charge in [-0.2, -0.15) is 0 Å². The van der Waals surface area contributed by atoms with Gasteiger partial charge in [-0.05, 0) is 0 Å². The SMILES string of the molecule is CCCCCC(CC)C(=[OH+])[O][Bi][O]C(=[OH+])C(CC)CCCCC. The van der Waals surface area contributed by atoms with Crippen LogP contribution in [0.3, 0.4) is 0 Å². The molecule has 0 rings (SSSR count). The predicted molar refractivity (Wildman–Crippen MR) is 97.7 cm³/mol. The summed E-state index contributed by atoms with van der Waals surface area (Å²) in [5.41, 5.74) is 0. The van der Waals surface area contributed by atoms with E-state index in [0.717, 1.165) is 38.5 Å². The first-order valence-corrected chi connectivity index (χ1v) is 12.1. The average molecular weight is 525 g/mol. The molecule has 0 aliphatic heterocycles. The van der Waals surface area contributed by atoms with E-state index in [0.29, 0.717) is 0 Å². The van der Waals surface area contributed by atoms with Gasteiger partial charge in [0.15, 0.2) is 0 Å². The standard InChI is InChI=1S/2C9H18O2.Bi/c2*1-3-5-6-7-8(4-2)9(10)11;/h2*8H,3-7H2,1-2H3,(H,10,11);/q;;+2. The molecule has 0 spiro atoms. The van der Waals surface area contributed by atoms with Crippen molar-refractivity contribution in [3.05, 3.63) is 0 Å². The summed E-state index contributed by atoms with van der Waals surface area (Å²) in [5, 5.41) is 0. The van der Waals surface area contributed by atoms with Gasteiger partial charge in [-0.3, -0.25) is 0 Å². The fraction of sp³-hybridized carbons (Fsp3) is 0.889. The molecule has 0 aliphatic carbocycles. The number of hydrogen-bond donors (Lipinski definition) is 0. The zero-order chi connectivity index (χ0) is 17.5. The Hall–Kier alpha value is -0.177. The van der Waals surface area contributed by atoms with E-state index in [1.807, 2.05) is 0 Å². The topological polar surface area (TPSA) is 61.3 Å².